The summed E-state index contributed by atoms with van der Waals surface area (Å²) in [5.41, 5.74) is 4.44. The van der Waals surface area contributed by atoms with Crippen LogP contribution in [0.4, 0.5) is 16.9 Å². The number of fused-ring (bicyclic) bond motifs is 1. The minimum Gasteiger partial charge on any atom is -0.374 e. The van der Waals surface area contributed by atoms with Crippen molar-refractivity contribution in [3.05, 3.63) is 71.4 Å². The maximum absolute atomic E-state index is 5.84. The van der Waals surface area contributed by atoms with Gasteiger partial charge in [-0.15, -0.1) is 0 Å². The number of ether oxygens (including phenoxy) is 1. The van der Waals surface area contributed by atoms with Crippen LogP contribution in [0.2, 0.25) is 0 Å². The Labute approximate surface area is 209 Å². The normalized spacial score (nSPS) is 16.6. The molecule has 5 rings (SSSR count). The summed E-state index contributed by atoms with van der Waals surface area (Å²) in [5, 5.41) is 7.59. The molecule has 1 atom stereocenters. The second kappa shape index (κ2) is 10.7. The van der Waals surface area contributed by atoms with E-state index in [-0.39, 0.29) is 6.10 Å². The van der Waals surface area contributed by atoms with E-state index in [0.29, 0.717) is 19.1 Å². The van der Waals surface area contributed by atoms with Crippen LogP contribution >= 0.6 is 24.2 Å². The Morgan fingerprint density at radius 3 is 2.79 bits per heavy atom. The van der Waals surface area contributed by atoms with Gasteiger partial charge in [0.2, 0.25) is 5.95 Å². The highest BCUT2D eigenvalue weighted by atomic mass is 32.1. The molecule has 1 saturated heterocycles. The van der Waals surface area contributed by atoms with Gasteiger partial charge in [-0.1, -0.05) is 67.5 Å². The highest BCUT2D eigenvalue weighted by molar-refractivity contribution is 7.77. The molecule has 0 radical (unpaired) electrons. The van der Waals surface area contributed by atoms with Gasteiger partial charge >= 0.3 is 0 Å². The second-order valence-corrected chi connectivity index (χ2v) is 9.91. The fraction of sp³-hybridized carbons (Fsp3) is 0.320. The molecule has 0 amide bonds. The first kappa shape index (κ1) is 23.0. The van der Waals surface area contributed by atoms with Gasteiger partial charge in [0.15, 0.2) is 5.13 Å². The quantitative estimate of drug-likeness (QED) is 0.301. The zero-order valence-electron chi connectivity index (χ0n) is 19.1. The van der Waals surface area contributed by atoms with Crippen LogP contribution in [0.15, 0.2) is 54.6 Å². The molecule has 0 spiro atoms. The summed E-state index contributed by atoms with van der Waals surface area (Å²) in [7, 11) is 0. The van der Waals surface area contributed by atoms with Crippen LogP contribution in [0.25, 0.3) is 10.2 Å². The summed E-state index contributed by atoms with van der Waals surface area (Å²) < 4.78 is 8.99. The molecule has 1 aliphatic rings. The number of hydrogen-bond acceptors (Lipinski definition) is 9. The highest BCUT2D eigenvalue weighted by Gasteiger charge is 2.19. The fourth-order valence-corrected chi connectivity index (χ4v) is 5.12. The fourth-order valence-electron chi connectivity index (χ4n) is 3.92. The molecule has 1 aliphatic heterocycles. The Balaban J connectivity index is 1.38. The monoisotopic (exact) mass is 492 g/mol. The lowest BCUT2D eigenvalue weighted by Gasteiger charge is -2.29. The number of morpholine rings is 1. The van der Waals surface area contributed by atoms with Gasteiger partial charge < -0.3 is 15.4 Å². The van der Waals surface area contributed by atoms with Gasteiger partial charge in [0.25, 0.3) is 0 Å². The summed E-state index contributed by atoms with van der Waals surface area (Å²) in [6.45, 7) is 5.05. The maximum atomic E-state index is 5.84. The van der Waals surface area contributed by atoms with Crippen molar-refractivity contribution in [3.63, 3.8) is 0 Å². The van der Waals surface area contributed by atoms with Crippen molar-refractivity contribution in [1.29, 1.82) is 0 Å². The van der Waals surface area contributed by atoms with Crippen LogP contribution in [0.3, 0.4) is 0 Å². The molecule has 4 aromatic rings. The largest absolute Gasteiger partial charge is 0.374 e. The third kappa shape index (κ3) is 5.85. The molecule has 2 N–H and O–H groups in total. The van der Waals surface area contributed by atoms with Gasteiger partial charge in [-0.05, 0) is 29.7 Å². The number of aryl methyl sites for hydroxylation is 1. The molecule has 0 aliphatic carbocycles. The third-order valence-corrected chi connectivity index (χ3v) is 7.01. The Morgan fingerprint density at radius 1 is 1.09 bits per heavy atom. The van der Waals surface area contributed by atoms with Crippen molar-refractivity contribution in [2.24, 2.45) is 0 Å². The number of nitrogens with one attached hydrogen (secondary N) is 2. The lowest BCUT2D eigenvalue weighted by molar-refractivity contribution is 0.0106. The van der Waals surface area contributed by atoms with E-state index in [4.69, 9.17) is 19.7 Å². The smallest absolute Gasteiger partial charge is 0.224 e. The zero-order valence-corrected chi connectivity index (χ0v) is 20.8. The van der Waals surface area contributed by atoms with E-state index < -0.39 is 0 Å². The predicted molar refractivity (Wildman–Crippen MR) is 142 cm³/mol. The van der Waals surface area contributed by atoms with Gasteiger partial charge in [0, 0.05) is 32.1 Å². The molecule has 34 heavy (non-hydrogen) atoms. The van der Waals surface area contributed by atoms with E-state index in [1.54, 1.807) is 11.3 Å². The van der Waals surface area contributed by atoms with Crippen LogP contribution < -0.4 is 10.6 Å². The van der Waals surface area contributed by atoms with E-state index in [1.807, 2.05) is 28.6 Å². The number of thiol groups is 1. The molecule has 1 unspecified atom stereocenters. The molecule has 1 fully saturated rings. The SMILES string of the molecule is CCc1ccc2nc(Nc3cc(Cc4ccccc4)nc(NCC4CN(S)CCO4)n3)sc2c1. The van der Waals surface area contributed by atoms with Gasteiger partial charge in [-0.2, -0.15) is 4.98 Å². The molecule has 7 nitrogen and oxygen atoms in total. The Kier molecular flexibility index (Phi) is 7.24. The Bertz CT molecular complexity index is 1250. The minimum absolute atomic E-state index is 0.0426. The second-order valence-electron chi connectivity index (χ2n) is 8.32. The van der Waals surface area contributed by atoms with Crippen molar-refractivity contribution in [2.45, 2.75) is 25.9 Å². The van der Waals surface area contributed by atoms with Crippen molar-refractivity contribution >= 4 is 51.3 Å². The molecule has 9 heteroatoms. The molecular formula is C25H28N6OS2. The Morgan fingerprint density at radius 2 is 1.97 bits per heavy atom. The average molecular weight is 493 g/mol. The van der Waals surface area contributed by atoms with Crippen molar-refractivity contribution in [1.82, 2.24) is 19.3 Å². The topological polar surface area (TPSA) is 75.2 Å². The first-order chi connectivity index (χ1) is 16.6. The summed E-state index contributed by atoms with van der Waals surface area (Å²) in [6, 6.07) is 18.8. The number of benzene rings is 2. The van der Waals surface area contributed by atoms with Gasteiger partial charge in [-0.25, -0.2) is 14.3 Å². The summed E-state index contributed by atoms with van der Waals surface area (Å²) in [6.07, 6.45) is 1.77. The van der Waals surface area contributed by atoms with Crippen LogP contribution in [0.1, 0.15) is 23.7 Å². The predicted octanol–water partition coefficient (Wildman–Crippen LogP) is 4.94. The molecule has 0 bridgehead atoms. The number of anilines is 3. The van der Waals surface area contributed by atoms with Crippen molar-refractivity contribution < 1.29 is 4.74 Å². The first-order valence-corrected chi connectivity index (χ1v) is 12.7. The average Bonchev–Trinajstić information content (AvgIpc) is 3.24. The molecule has 176 valence electrons. The van der Waals surface area contributed by atoms with E-state index in [2.05, 4.69) is 60.7 Å². The molecule has 0 saturated carbocycles. The third-order valence-electron chi connectivity index (χ3n) is 5.71. The molecule has 2 aromatic carbocycles. The van der Waals surface area contributed by atoms with E-state index in [0.717, 1.165) is 48.1 Å². The summed E-state index contributed by atoms with van der Waals surface area (Å²) in [5.74, 6) is 1.30. The maximum Gasteiger partial charge on any atom is 0.224 e. The van der Waals surface area contributed by atoms with Crippen LogP contribution in [0, 0.1) is 0 Å². The lowest BCUT2D eigenvalue weighted by Crippen LogP contribution is -2.41. The highest BCUT2D eigenvalue weighted by Crippen LogP contribution is 2.29. The van der Waals surface area contributed by atoms with Crippen molar-refractivity contribution in [3.8, 4) is 0 Å². The number of hydrogen-bond donors (Lipinski definition) is 3. The summed E-state index contributed by atoms with van der Waals surface area (Å²) >= 11 is 6.09. The van der Waals surface area contributed by atoms with E-state index >= 15 is 0 Å². The van der Waals surface area contributed by atoms with Crippen LogP contribution in [0.5, 0.6) is 0 Å². The number of nitrogens with zero attached hydrogens (tertiary/aromatic N) is 4. The molecule has 2 aromatic heterocycles. The summed E-state index contributed by atoms with van der Waals surface area (Å²) in [4.78, 5) is 14.2. The van der Waals surface area contributed by atoms with Gasteiger partial charge in [0.1, 0.15) is 5.82 Å². The zero-order chi connectivity index (χ0) is 23.3. The van der Waals surface area contributed by atoms with Crippen molar-refractivity contribution in [2.75, 3.05) is 36.9 Å². The van der Waals surface area contributed by atoms with Crippen LogP contribution in [-0.2, 0) is 17.6 Å². The minimum atomic E-state index is 0.0426. The van der Waals surface area contributed by atoms with Gasteiger partial charge in [0.05, 0.1) is 28.6 Å². The lowest BCUT2D eigenvalue weighted by atomic mass is 10.1. The van der Waals surface area contributed by atoms with Gasteiger partial charge in [-0.3, -0.25) is 0 Å². The first-order valence-electron chi connectivity index (χ1n) is 11.5. The standard InChI is InChI=1S/C25H28N6OS2/c1-2-17-8-9-21-22(13-17)34-25(28-21)30-23-14-19(12-18-6-4-3-5-7-18)27-24(29-23)26-15-20-16-31(33)10-11-32-20/h3-9,13-14,20,33H,2,10-12,15-16H2,1H3,(H2,26,27,28,29,30). The molecule has 3 heterocycles. The number of aromatic nitrogens is 3. The van der Waals surface area contributed by atoms with Crippen LogP contribution in [-0.4, -0.2) is 51.6 Å². The Hall–Kier alpha value is -2.72. The van der Waals surface area contributed by atoms with E-state index in [9.17, 15) is 0 Å². The number of rotatable bonds is 8. The molecular weight excluding hydrogens is 464 g/mol. The van der Waals surface area contributed by atoms with E-state index in [1.165, 1.54) is 15.8 Å². The number of thiazole rings is 1.